The third-order valence-corrected chi connectivity index (χ3v) is 8.11. The number of rotatable bonds is 6. The van der Waals surface area contributed by atoms with E-state index in [4.69, 9.17) is 9.73 Å². The number of esters is 1. The molecule has 1 amide bonds. The molecule has 37 heavy (non-hydrogen) atoms. The molecule has 0 spiro atoms. The van der Waals surface area contributed by atoms with Crippen molar-refractivity contribution >= 4 is 29.0 Å². The first-order valence-corrected chi connectivity index (χ1v) is 13.7. The second-order valence-corrected chi connectivity index (χ2v) is 10.6. The fourth-order valence-corrected chi connectivity index (χ4v) is 6.20. The van der Waals surface area contributed by atoms with Gasteiger partial charge < -0.3 is 15.0 Å². The van der Waals surface area contributed by atoms with Crippen LogP contribution < -0.4 is 5.32 Å². The molecule has 4 heterocycles. The fraction of sp³-hybridized carbons (Fsp3) is 0.481. The van der Waals surface area contributed by atoms with E-state index in [2.05, 4.69) is 10.3 Å². The minimum Gasteiger partial charge on any atom is -0.463 e. The molecule has 0 saturated carbocycles. The van der Waals surface area contributed by atoms with Gasteiger partial charge in [-0.1, -0.05) is 12.5 Å². The molecule has 1 N–H and O–H groups in total. The molecule has 0 bridgehead atoms. The Morgan fingerprint density at radius 1 is 1.24 bits per heavy atom. The van der Waals surface area contributed by atoms with Crippen molar-refractivity contribution in [2.24, 2.45) is 10.9 Å². The summed E-state index contributed by atoms with van der Waals surface area (Å²) in [5.74, 6) is -1.57. The number of aliphatic imine (C=N–C) groups is 1. The van der Waals surface area contributed by atoms with Crippen molar-refractivity contribution < 1.29 is 23.1 Å². The number of ether oxygens (including phenoxy) is 1. The van der Waals surface area contributed by atoms with Gasteiger partial charge >= 0.3 is 5.97 Å². The molecular weight excluding hydrogens is 498 g/mol. The molecule has 3 unspecified atom stereocenters. The highest BCUT2D eigenvalue weighted by atomic mass is 32.1. The summed E-state index contributed by atoms with van der Waals surface area (Å²) in [5, 5.41) is 5.82. The van der Waals surface area contributed by atoms with Crippen LogP contribution in [0.1, 0.15) is 68.5 Å². The second-order valence-electron chi connectivity index (χ2n) is 9.71. The maximum absolute atomic E-state index is 14.3. The van der Waals surface area contributed by atoms with Crippen LogP contribution >= 0.6 is 11.3 Å². The number of benzene rings is 1. The van der Waals surface area contributed by atoms with Crippen molar-refractivity contribution in [3.05, 3.63) is 63.3 Å². The summed E-state index contributed by atoms with van der Waals surface area (Å²) in [4.78, 5) is 36.8. The van der Waals surface area contributed by atoms with Gasteiger partial charge in [0.05, 0.1) is 12.2 Å². The number of amidine groups is 1. The molecule has 1 aromatic heterocycles. The Bertz CT molecular complexity index is 1230. The third-order valence-electron chi connectivity index (χ3n) is 7.33. The smallest absolute Gasteiger partial charge is 0.338 e. The lowest BCUT2D eigenvalue weighted by molar-refractivity contribution is -0.139. The van der Waals surface area contributed by atoms with Crippen molar-refractivity contribution in [1.82, 2.24) is 15.2 Å². The van der Waals surface area contributed by atoms with Gasteiger partial charge in [0.15, 0.2) is 22.5 Å². The highest BCUT2D eigenvalue weighted by molar-refractivity contribution is 7.11. The van der Waals surface area contributed by atoms with Gasteiger partial charge in [0.1, 0.15) is 6.04 Å². The molecule has 2 fully saturated rings. The molecule has 3 atom stereocenters. The van der Waals surface area contributed by atoms with Crippen LogP contribution in [0.4, 0.5) is 8.78 Å². The maximum Gasteiger partial charge on any atom is 0.338 e. The summed E-state index contributed by atoms with van der Waals surface area (Å²) in [6.07, 6.45) is 7.44. The van der Waals surface area contributed by atoms with Crippen molar-refractivity contribution in [3.8, 4) is 0 Å². The van der Waals surface area contributed by atoms with Gasteiger partial charge in [-0.15, -0.1) is 11.3 Å². The highest BCUT2D eigenvalue weighted by Gasteiger charge is 2.37. The second kappa shape index (κ2) is 11.1. The number of carbonyl (C=O) groups excluding carboxylic acids is 2. The number of aromatic nitrogens is 1. The molecule has 196 valence electrons. The zero-order valence-corrected chi connectivity index (χ0v) is 21.5. The SMILES string of the molecule is CCOC(=O)C1=C(CC2CCCCN3C(=O)CCC3C2)NC(c2nccs2)=NC1c1ccc(F)c(F)c1. The van der Waals surface area contributed by atoms with E-state index in [1.54, 1.807) is 13.1 Å². The zero-order chi connectivity index (χ0) is 25.9. The Morgan fingerprint density at radius 3 is 2.86 bits per heavy atom. The average molecular weight is 529 g/mol. The number of thiazole rings is 1. The number of fused-ring (bicyclic) bond motifs is 1. The monoisotopic (exact) mass is 528 g/mol. The summed E-state index contributed by atoms with van der Waals surface area (Å²) in [6, 6.07) is 2.92. The average Bonchev–Trinajstić information content (AvgIpc) is 3.52. The molecule has 5 rings (SSSR count). The number of hydrogen-bond donors (Lipinski definition) is 1. The van der Waals surface area contributed by atoms with Gasteiger partial charge in [0.2, 0.25) is 5.91 Å². The van der Waals surface area contributed by atoms with Crippen LogP contribution in [0.3, 0.4) is 0 Å². The van der Waals surface area contributed by atoms with Crippen LogP contribution in [0.2, 0.25) is 0 Å². The van der Waals surface area contributed by atoms with E-state index in [1.165, 1.54) is 17.4 Å². The zero-order valence-electron chi connectivity index (χ0n) is 20.7. The van der Waals surface area contributed by atoms with Crippen LogP contribution in [0.5, 0.6) is 0 Å². The lowest BCUT2D eigenvalue weighted by Crippen LogP contribution is -2.38. The van der Waals surface area contributed by atoms with E-state index in [9.17, 15) is 18.4 Å². The van der Waals surface area contributed by atoms with Crippen molar-refractivity contribution in [1.29, 1.82) is 0 Å². The van der Waals surface area contributed by atoms with Gasteiger partial charge in [0, 0.05) is 36.3 Å². The predicted molar refractivity (Wildman–Crippen MR) is 136 cm³/mol. The van der Waals surface area contributed by atoms with E-state index in [1.807, 2.05) is 10.3 Å². The molecule has 0 aliphatic carbocycles. The van der Waals surface area contributed by atoms with E-state index < -0.39 is 23.6 Å². The van der Waals surface area contributed by atoms with Gasteiger partial charge in [0.25, 0.3) is 0 Å². The Morgan fingerprint density at radius 2 is 2.11 bits per heavy atom. The molecule has 2 saturated heterocycles. The summed E-state index contributed by atoms with van der Waals surface area (Å²) in [6.45, 7) is 2.71. The normalized spacial score (nSPS) is 24.2. The van der Waals surface area contributed by atoms with Crippen LogP contribution in [0.15, 0.2) is 46.0 Å². The molecular formula is C27H30F2N4O3S. The first kappa shape index (κ1) is 25.5. The summed E-state index contributed by atoms with van der Waals surface area (Å²) in [5.41, 5.74) is 1.32. The molecule has 10 heteroatoms. The van der Waals surface area contributed by atoms with Crippen molar-refractivity contribution in [3.63, 3.8) is 0 Å². The Hall–Kier alpha value is -3.14. The Labute approximate surface area is 218 Å². The fourth-order valence-electron chi connectivity index (χ4n) is 5.62. The predicted octanol–water partition coefficient (Wildman–Crippen LogP) is 4.90. The van der Waals surface area contributed by atoms with Crippen LogP contribution in [-0.2, 0) is 14.3 Å². The first-order valence-electron chi connectivity index (χ1n) is 12.8. The number of nitrogens with zero attached hydrogens (tertiary/aromatic N) is 3. The van der Waals surface area contributed by atoms with Gasteiger partial charge in [-0.05, 0) is 62.6 Å². The number of carbonyl (C=O) groups is 2. The lowest BCUT2D eigenvalue weighted by atomic mass is 9.85. The molecule has 1 aromatic carbocycles. The van der Waals surface area contributed by atoms with Gasteiger partial charge in [-0.25, -0.2) is 18.6 Å². The van der Waals surface area contributed by atoms with E-state index in [0.717, 1.165) is 50.8 Å². The van der Waals surface area contributed by atoms with E-state index in [-0.39, 0.29) is 24.5 Å². The number of amides is 1. The molecule has 0 radical (unpaired) electrons. The molecule has 3 aliphatic rings. The maximum atomic E-state index is 14.3. The lowest BCUT2D eigenvalue weighted by Gasteiger charge is -2.33. The standard InChI is InChI=1S/C27H30F2N4O3S/c1-2-36-27(35)23-21(14-16-5-3-4-11-33-18(13-16)7-9-22(33)34)31-25(26-30-10-12-37-26)32-24(23)17-6-8-19(28)20(29)15-17/h6,8,10,12,15-16,18,24H,2-5,7,9,11,13-14H2,1H3,(H,31,32). The van der Waals surface area contributed by atoms with Crippen molar-refractivity contribution in [2.75, 3.05) is 13.2 Å². The number of halogens is 2. The largest absolute Gasteiger partial charge is 0.463 e. The summed E-state index contributed by atoms with van der Waals surface area (Å²) >= 11 is 1.40. The molecule has 7 nitrogen and oxygen atoms in total. The van der Waals surface area contributed by atoms with E-state index >= 15 is 0 Å². The third kappa shape index (κ3) is 5.44. The van der Waals surface area contributed by atoms with Crippen LogP contribution in [0, 0.1) is 17.6 Å². The summed E-state index contributed by atoms with van der Waals surface area (Å²) in [7, 11) is 0. The molecule has 3 aliphatic heterocycles. The Kier molecular flexibility index (Phi) is 7.64. The summed E-state index contributed by atoms with van der Waals surface area (Å²) < 4.78 is 33.5. The number of hydrogen-bond acceptors (Lipinski definition) is 7. The highest BCUT2D eigenvalue weighted by Crippen LogP contribution is 2.38. The van der Waals surface area contributed by atoms with Crippen molar-refractivity contribution in [2.45, 2.75) is 64.0 Å². The van der Waals surface area contributed by atoms with Gasteiger partial charge in [-0.3, -0.25) is 9.79 Å². The van der Waals surface area contributed by atoms with Crippen LogP contribution in [-0.4, -0.2) is 46.8 Å². The van der Waals surface area contributed by atoms with Crippen LogP contribution in [0.25, 0.3) is 0 Å². The number of allylic oxidation sites excluding steroid dienone is 1. The minimum absolute atomic E-state index is 0.172. The minimum atomic E-state index is -1.00. The van der Waals surface area contributed by atoms with E-state index in [0.29, 0.717) is 40.5 Å². The topological polar surface area (TPSA) is 83.9 Å². The number of nitrogens with one attached hydrogen (secondary N) is 1. The first-order chi connectivity index (χ1) is 17.9. The van der Waals surface area contributed by atoms with Gasteiger partial charge in [-0.2, -0.15) is 0 Å². The quantitative estimate of drug-likeness (QED) is 0.539. The Balaban J connectivity index is 1.54. The molecule has 2 aromatic rings.